The standard InChI is InChI=1S/C15H23NO2/c1-11(2)13(12-9-7-6-8-10-12)16-14(17)15(3,4)18-5/h6-11,13H,1-5H3,(H,16,17). The summed E-state index contributed by atoms with van der Waals surface area (Å²) in [5.41, 5.74) is 0.315. The number of benzene rings is 1. The molecule has 0 aliphatic carbocycles. The van der Waals surface area contributed by atoms with Crippen LogP contribution >= 0.6 is 0 Å². The van der Waals surface area contributed by atoms with Gasteiger partial charge in [-0.2, -0.15) is 0 Å². The number of methoxy groups -OCH3 is 1. The van der Waals surface area contributed by atoms with Gasteiger partial charge in [0.2, 0.25) is 0 Å². The lowest BCUT2D eigenvalue weighted by Gasteiger charge is -2.28. The molecule has 1 N–H and O–H groups in total. The fourth-order valence-electron chi connectivity index (χ4n) is 1.70. The van der Waals surface area contributed by atoms with Crippen molar-refractivity contribution >= 4 is 5.91 Å². The van der Waals surface area contributed by atoms with Gasteiger partial charge in [0.15, 0.2) is 0 Å². The Morgan fingerprint density at radius 1 is 1.22 bits per heavy atom. The fraction of sp³-hybridized carbons (Fsp3) is 0.533. The van der Waals surface area contributed by atoms with E-state index in [9.17, 15) is 4.79 Å². The van der Waals surface area contributed by atoms with Crippen LogP contribution in [0.2, 0.25) is 0 Å². The molecular weight excluding hydrogens is 226 g/mol. The zero-order valence-corrected chi connectivity index (χ0v) is 11.9. The highest BCUT2D eigenvalue weighted by molar-refractivity contribution is 5.84. The van der Waals surface area contributed by atoms with E-state index in [2.05, 4.69) is 19.2 Å². The Morgan fingerprint density at radius 2 is 1.78 bits per heavy atom. The summed E-state index contributed by atoms with van der Waals surface area (Å²) in [4.78, 5) is 12.1. The van der Waals surface area contributed by atoms with Crippen LogP contribution in [-0.4, -0.2) is 18.6 Å². The smallest absolute Gasteiger partial charge is 0.252 e. The Labute approximate surface area is 110 Å². The van der Waals surface area contributed by atoms with Gasteiger partial charge < -0.3 is 10.1 Å². The van der Waals surface area contributed by atoms with E-state index in [1.165, 1.54) is 0 Å². The van der Waals surface area contributed by atoms with Crippen molar-refractivity contribution < 1.29 is 9.53 Å². The molecule has 0 aromatic heterocycles. The van der Waals surface area contributed by atoms with E-state index in [-0.39, 0.29) is 11.9 Å². The number of ether oxygens (including phenoxy) is 1. The van der Waals surface area contributed by atoms with Gasteiger partial charge in [0.05, 0.1) is 6.04 Å². The van der Waals surface area contributed by atoms with Gasteiger partial charge in [-0.15, -0.1) is 0 Å². The summed E-state index contributed by atoms with van der Waals surface area (Å²) in [7, 11) is 1.55. The van der Waals surface area contributed by atoms with Crippen LogP contribution in [0.3, 0.4) is 0 Å². The lowest BCUT2D eigenvalue weighted by Crippen LogP contribution is -2.46. The van der Waals surface area contributed by atoms with Gasteiger partial charge in [-0.25, -0.2) is 0 Å². The average Bonchev–Trinajstić information content (AvgIpc) is 2.36. The Balaban J connectivity index is 2.86. The maximum atomic E-state index is 12.1. The van der Waals surface area contributed by atoms with Crippen molar-refractivity contribution in [3.05, 3.63) is 35.9 Å². The third-order valence-corrected chi connectivity index (χ3v) is 3.17. The first-order chi connectivity index (χ1) is 8.38. The first-order valence-electron chi connectivity index (χ1n) is 6.29. The summed E-state index contributed by atoms with van der Waals surface area (Å²) >= 11 is 0. The molecule has 1 aromatic carbocycles. The van der Waals surface area contributed by atoms with E-state index in [0.717, 1.165) is 5.56 Å². The number of amides is 1. The van der Waals surface area contributed by atoms with Crippen molar-refractivity contribution in [1.82, 2.24) is 5.32 Å². The molecule has 1 atom stereocenters. The average molecular weight is 249 g/mol. The molecule has 1 unspecified atom stereocenters. The first-order valence-corrected chi connectivity index (χ1v) is 6.29. The lowest BCUT2D eigenvalue weighted by atomic mass is 9.95. The van der Waals surface area contributed by atoms with Gasteiger partial charge in [0.25, 0.3) is 5.91 Å². The Morgan fingerprint density at radius 3 is 2.22 bits per heavy atom. The van der Waals surface area contributed by atoms with Gasteiger partial charge in [-0.1, -0.05) is 44.2 Å². The number of carbonyl (C=O) groups excluding carboxylic acids is 1. The highest BCUT2D eigenvalue weighted by atomic mass is 16.5. The molecule has 0 aliphatic rings. The van der Waals surface area contributed by atoms with Crippen molar-refractivity contribution in [2.75, 3.05) is 7.11 Å². The van der Waals surface area contributed by atoms with Gasteiger partial charge in [-0.3, -0.25) is 4.79 Å². The molecule has 0 saturated carbocycles. The molecule has 0 spiro atoms. The number of hydrogen-bond acceptors (Lipinski definition) is 2. The van der Waals surface area contributed by atoms with E-state index >= 15 is 0 Å². The molecule has 0 saturated heterocycles. The minimum absolute atomic E-state index is 0.00752. The number of nitrogens with one attached hydrogen (secondary N) is 1. The van der Waals surface area contributed by atoms with Gasteiger partial charge in [-0.05, 0) is 25.3 Å². The van der Waals surface area contributed by atoms with E-state index in [4.69, 9.17) is 4.74 Å². The molecule has 0 heterocycles. The molecule has 3 heteroatoms. The fourth-order valence-corrected chi connectivity index (χ4v) is 1.70. The van der Waals surface area contributed by atoms with Crippen molar-refractivity contribution in [3.8, 4) is 0 Å². The SMILES string of the molecule is COC(C)(C)C(=O)NC(c1ccccc1)C(C)C. The van der Waals surface area contributed by atoms with Crippen molar-refractivity contribution in [1.29, 1.82) is 0 Å². The predicted octanol–water partition coefficient (Wildman–Crippen LogP) is 2.92. The highest BCUT2D eigenvalue weighted by Crippen LogP contribution is 2.22. The second-order valence-electron chi connectivity index (χ2n) is 5.32. The third kappa shape index (κ3) is 3.57. The molecular formula is C15H23NO2. The second kappa shape index (κ2) is 6.01. The summed E-state index contributed by atoms with van der Waals surface area (Å²) in [5.74, 6) is 0.233. The summed E-state index contributed by atoms with van der Waals surface area (Å²) in [6.45, 7) is 7.73. The number of hydrogen-bond donors (Lipinski definition) is 1. The minimum Gasteiger partial charge on any atom is -0.369 e. The molecule has 1 amide bonds. The van der Waals surface area contributed by atoms with Crippen LogP contribution in [0.15, 0.2) is 30.3 Å². The summed E-state index contributed by atoms with van der Waals surface area (Å²) < 4.78 is 5.20. The van der Waals surface area contributed by atoms with Gasteiger partial charge in [0, 0.05) is 7.11 Å². The van der Waals surface area contributed by atoms with E-state index in [0.29, 0.717) is 5.92 Å². The zero-order chi connectivity index (χ0) is 13.8. The van der Waals surface area contributed by atoms with E-state index in [1.54, 1.807) is 21.0 Å². The maximum absolute atomic E-state index is 12.1. The van der Waals surface area contributed by atoms with Gasteiger partial charge in [0.1, 0.15) is 5.60 Å². The van der Waals surface area contributed by atoms with Crippen molar-refractivity contribution in [2.45, 2.75) is 39.3 Å². The highest BCUT2D eigenvalue weighted by Gasteiger charge is 2.30. The quantitative estimate of drug-likeness (QED) is 0.871. The summed E-state index contributed by atoms with van der Waals surface area (Å²) in [6, 6.07) is 10.0. The monoisotopic (exact) mass is 249 g/mol. The van der Waals surface area contributed by atoms with Crippen LogP contribution < -0.4 is 5.32 Å². The first kappa shape index (κ1) is 14.7. The molecule has 0 bridgehead atoms. The van der Waals surface area contributed by atoms with Gasteiger partial charge >= 0.3 is 0 Å². The zero-order valence-electron chi connectivity index (χ0n) is 11.9. The van der Waals surface area contributed by atoms with Crippen LogP contribution in [0.1, 0.15) is 39.3 Å². The number of rotatable bonds is 5. The molecule has 1 rings (SSSR count). The molecule has 1 aromatic rings. The molecule has 0 radical (unpaired) electrons. The normalized spacial score (nSPS) is 13.4. The van der Waals surface area contributed by atoms with Crippen LogP contribution in [0, 0.1) is 5.92 Å². The Kier molecular flexibility index (Phi) is 4.91. The lowest BCUT2D eigenvalue weighted by molar-refractivity contribution is -0.140. The topological polar surface area (TPSA) is 38.3 Å². The number of carbonyl (C=O) groups is 1. The molecule has 100 valence electrons. The maximum Gasteiger partial charge on any atom is 0.252 e. The van der Waals surface area contributed by atoms with Crippen molar-refractivity contribution in [3.63, 3.8) is 0 Å². The van der Waals surface area contributed by atoms with E-state index in [1.807, 2.05) is 30.3 Å². The minimum atomic E-state index is -0.804. The Bertz CT molecular complexity index is 385. The summed E-state index contributed by atoms with van der Waals surface area (Å²) in [6.07, 6.45) is 0. The van der Waals surface area contributed by atoms with Crippen LogP contribution in [0.4, 0.5) is 0 Å². The second-order valence-corrected chi connectivity index (χ2v) is 5.32. The van der Waals surface area contributed by atoms with Crippen molar-refractivity contribution in [2.24, 2.45) is 5.92 Å². The summed E-state index contributed by atoms with van der Waals surface area (Å²) in [5, 5.41) is 3.06. The third-order valence-electron chi connectivity index (χ3n) is 3.17. The van der Waals surface area contributed by atoms with Crippen LogP contribution in [0.5, 0.6) is 0 Å². The predicted molar refractivity (Wildman–Crippen MR) is 73.3 cm³/mol. The van der Waals surface area contributed by atoms with E-state index < -0.39 is 5.60 Å². The van der Waals surface area contributed by atoms with Crippen LogP contribution in [-0.2, 0) is 9.53 Å². The molecule has 0 aliphatic heterocycles. The molecule has 3 nitrogen and oxygen atoms in total. The molecule has 18 heavy (non-hydrogen) atoms. The van der Waals surface area contributed by atoms with Crippen LogP contribution in [0.25, 0.3) is 0 Å². The Hall–Kier alpha value is -1.35. The largest absolute Gasteiger partial charge is 0.369 e. The molecule has 0 fully saturated rings.